The number of para-hydroxylation sites is 1. The summed E-state index contributed by atoms with van der Waals surface area (Å²) in [5.41, 5.74) is 4.27. The molecule has 0 unspecified atom stereocenters. The average molecular weight is 464 g/mol. The second-order valence-electron chi connectivity index (χ2n) is 8.84. The summed E-state index contributed by atoms with van der Waals surface area (Å²) >= 11 is 1.44. The summed E-state index contributed by atoms with van der Waals surface area (Å²) in [6.45, 7) is 4.00. The highest BCUT2D eigenvalue weighted by Gasteiger charge is 2.39. The van der Waals surface area contributed by atoms with Crippen molar-refractivity contribution >= 4 is 33.3 Å². The van der Waals surface area contributed by atoms with Crippen LogP contribution in [-0.4, -0.2) is 15.9 Å². The van der Waals surface area contributed by atoms with Gasteiger partial charge in [-0.05, 0) is 23.3 Å². The van der Waals surface area contributed by atoms with Crippen molar-refractivity contribution in [1.29, 1.82) is 0 Å². The lowest BCUT2D eigenvalue weighted by Crippen LogP contribution is -2.37. The second-order valence-corrected chi connectivity index (χ2v) is 9.70. The van der Waals surface area contributed by atoms with E-state index in [0.717, 1.165) is 33.3 Å². The minimum atomic E-state index is -0.710. The first-order valence-electron chi connectivity index (χ1n) is 11.2. The Balaban J connectivity index is 1.45. The number of thiazole rings is 1. The summed E-state index contributed by atoms with van der Waals surface area (Å²) in [7, 11) is 0. The van der Waals surface area contributed by atoms with E-state index in [1.165, 1.54) is 11.3 Å². The minimum absolute atomic E-state index is 0.0642. The number of carbonyl (C=O) groups excluding carboxylic acids is 1. The lowest BCUT2D eigenvalue weighted by atomic mass is 9.70. The van der Waals surface area contributed by atoms with Gasteiger partial charge in [-0.15, -0.1) is 11.3 Å². The summed E-state index contributed by atoms with van der Waals surface area (Å²) in [5, 5.41) is 6.71. The van der Waals surface area contributed by atoms with Crippen molar-refractivity contribution in [2.45, 2.75) is 19.8 Å². The highest BCUT2D eigenvalue weighted by molar-refractivity contribution is 7.14. The zero-order valence-corrected chi connectivity index (χ0v) is 19.9. The van der Waals surface area contributed by atoms with Crippen LogP contribution in [0.3, 0.4) is 0 Å². The molecule has 0 bridgehead atoms. The number of hydrogen-bond acceptors (Lipinski definition) is 4. The fourth-order valence-corrected chi connectivity index (χ4v) is 5.19. The van der Waals surface area contributed by atoms with Gasteiger partial charge in [0.2, 0.25) is 5.91 Å². The molecule has 4 nitrogen and oxygen atoms in total. The third-order valence-corrected chi connectivity index (χ3v) is 6.98. The summed E-state index contributed by atoms with van der Waals surface area (Å²) in [6.07, 6.45) is 1.79. The summed E-state index contributed by atoms with van der Waals surface area (Å²) in [6, 6.07) is 30.4. The fourth-order valence-electron chi connectivity index (χ4n) is 4.48. The van der Waals surface area contributed by atoms with Crippen LogP contribution in [0.25, 0.3) is 22.2 Å². The fraction of sp³-hybridized carbons (Fsp3) is 0.138. The van der Waals surface area contributed by atoms with Gasteiger partial charge < -0.3 is 5.32 Å². The van der Waals surface area contributed by atoms with Crippen molar-refractivity contribution in [2.24, 2.45) is 5.41 Å². The first-order valence-corrected chi connectivity index (χ1v) is 12.1. The maximum absolute atomic E-state index is 13.6. The summed E-state index contributed by atoms with van der Waals surface area (Å²) < 4.78 is 0. The van der Waals surface area contributed by atoms with Crippen molar-refractivity contribution in [3.63, 3.8) is 0 Å². The Bertz CT molecular complexity index is 1380. The van der Waals surface area contributed by atoms with Gasteiger partial charge in [0.25, 0.3) is 0 Å². The molecule has 3 aromatic carbocycles. The van der Waals surface area contributed by atoms with E-state index in [4.69, 9.17) is 4.98 Å². The summed E-state index contributed by atoms with van der Waals surface area (Å²) in [5.74, 6) is -0.163. The van der Waals surface area contributed by atoms with Gasteiger partial charge in [-0.3, -0.25) is 9.78 Å². The molecule has 0 aliphatic rings. The molecule has 0 aliphatic carbocycles. The number of amides is 1. The Kier molecular flexibility index (Phi) is 5.95. The van der Waals surface area contributed by atoms with Crippen LogP contribution in [0.15, 0.2) is 103 Å². The van der Waals surface area contributed by atoms with E-state index in [-0.39, 0.29) is 11.8 Å². The van der Waals surface area contributed by atoms with Crippen LogP contribution in [0, 0.1) is 5.41 Å². The topological polar surface area (TPSA) is 54.9 Å². The number of fused-ring (bicyclic) bond motifs is 1. The Morgan fingerprint density at radius 2 is 1.47 bits per heavy atom. The van der Waals surface area contributed by atoms with Crippen LogP contribution in [-0.2, 0) is 4.79 Å². The van der Waals surface area contributed by atoms with Crippen molar-refractivity contribution in [3.05, 3.63) is 114 Å². The normalized spacial score (nSPS) is 11.6. The molecule has 0 saturated heterocycles. The molecule has 0 aliphatic heterocycles. The van der Waals surface area contributed by atoms with Gasteiger partial charge in [0.05, 0.1) is 16.6 Å². The van der Waals surface area contributed by atoms with Gasteiger partial charge in [0.15, 0.2) is 5.13 Å². The number of anilines is 1. The van der Waals surface area contributed by atoms with Crippen LogP contribution in [0.1, 0.15) is 30.9 Å². The van der Waals surface area contributed by atoms with E-state index >= 15 is 0 Å². The second kappa shape index (κ2) is 9.20. The number of carbonyl (C=O) groups is 1. The molecule has 0 spiro atoms. The molecule has 0 atom stereocenters. The molecule has 1 amide bonds. The van der Waals surface area contributed by atoms with E-state index in [1.54, 1.807) is 6.20 Å². The van der Waals surface area contributed by atoms with E-state index in [0.29, 0.717) is 5.13 Å². The van der Waals surface area contributed by atoms with E-state index < -0.39 is 5.41 Å². The van der Waals surface area contributed by atoms with Gasteiger partial charge in [-0.2, -0.15) is 0 Å². The van der Waals surface area contributed by atoms with Crippen LogP contribution in [0.4, 0.5) is 5.13 Å². The van der Waals surface area contributed by atoms with Gasteiger partial charge in [-0.25, -0.2) is 4.98 Å². The lowest BCUT2D eigenvalue weighted by molar-refractivity contribution is -0.124. The van der Waals surface area contributed by atoms with Crippen LogP contribution >= 0.6 is 11.3 Å². The molecule has 5 heteroatoms. The third kappa shape index (κ3) is 4.22. The van der Waals surface area contributed by atoms with Crippen LogP contribution in [0.5, 0.6) is 0 Å². The molecule has 0 radical (unpaired) electrons. The zero-order chi connectivity index (χ0) is 23.5. The molecule has 1 N–H and O–H groups in total. The maximum Gasteiger partial charge on any atom is 0.232 e. The number of benzene rings is 3. The van der Waals surface area contributed by atoms with Crippen LogP contribution in [0.2, 0.25) is 0 Å². The minimum Gasteiger partial charge on any atom is -0.301 e. The largest absolute Gasteiger partial charge is 0.301 e. The monoisotopic (exact) mass is 463 g/mol. The summed E-state index contributed by atoms with van der Waals surface area (Å²) in [4.78, 5) is 22.8. The SMILES string of the molecule is CC(C)(C(=O)Nc1nc(-c2ccnc3ccccc23)cs1)C(c1ccccc1)c1ccccc1. The Morgan fingerprint density at radius 3 is 2.15 bits per heavy atom. The Morgan fingerprint density at radius 1 is 0.853 bits per heavy atom. The van der Waals surface area contributed by atoms with Gasteiger partial charge >= 0.3 is 0 Å². The molecule has 2 aromatic heterocycles. The first kappa shape index (κ1) is 22.0. The Labute approximate surface area is 203 Å². The van der Waals surface area contributed by atoms with Crippen LogP contribution < -0.4 is 5.32 Å². The zero-order valence-electron chi connectivity index (χ0n) is 19.1. The number of hydrogen-bond donors (Lipinski definition) is 1. The van der Waals surface area contributed by atoms with Gasteiger partial charge in [-0.1, -0.05) is 92.7 Å². The maximum atomic E-state index is 13.6. The van der Waals surface area contributed by atoms with Crippen molar-refractivity contribution in [1.82, 2.24) is 9.97 Å². The lowest BCUT2D eigenvalue weighted by Gasteiger charge is -2.33. The molecule has 5 aromatic rings. The molecule has 0 fully saturated rings. The molecule has 0 saturated carbocycles. The molecule has 34 heavy (non-hydrogen) atoms. The Hall–Kier alpha value is -3.83. The molecule has 5 rings (SSSR count). The molecular weight excluding hydrogens is 438 g/mol. The molecule has 168 valence electrons. The van der Waals surface area contributed by atoms with Crippen molar-refractivity contribution in [3.8, 4) is 11.3 Å². The van der Waals surface area contributed by atoms with E-state index in [1.807, 2.05) is 86.0 Å². The highest BCUT2D eigenvalue weighted by Crippen LogP contribution is 2.42. The highest BCUT2D eigenvalue weighted by atomic mass is 32.1. The van der Waals surface area contributed by atoms with E-state index in [9.17, 15) is 4.79 Å². The molecular formula is C29H25N3OS. The van der Waals surface area contributed by atoms with E-state index in [2.05, 4.69) is 34.6 Å². The number of nitrogens with zero attached hydrogens (tertiary/aromatic N) is 2. The average Bonchev–Trinajstić information content (AvgIpc) is 3.33. The smallest absolute Gasteiger partial charge is 0.232 e. The quantitative estimate of drug-likeness (QED) is 0.291. The van der Waals surface area contributed by atoms with Crippen molar-refractivity contribution in [2.75, 3.05) is 5.32 Å². The number of nitrogens with one attached hydrogen (secondary N) is 1. The predicted octanol–water partition coefficient (Wildman–Crippen LogP) is 7.16. The molecule has 2 heterocycles. The number of rotatable bonds is 6. The number of aromatic nitrogens is 2. The standard InChI is InChI=1S/C29H25N3OS/c1-29(2,26(20-11-5-3-6-12-20)21-13-7-4-8-14-21)27(33)32-28-31-25(19-34-28)23-17-18-30-24-16-10-9-15-22(23)24/h3-19,26H,1-2H3,(H,31,32,33). The van der Waals surface area contributed by atoms with Crippen molar-refractivity contribution < 1.29 is 4.79 Å². The first-order chi connectivity index (χ1) is 16.5. The number of pyridine rings is 1. The third-order valence-electron chi connectivity index (χ3n) is 6.22. The predicted molar refractivity (Wildman–Crippen MR) is 140 cm³/mol. The van der Waals surface area contributed by atoms with Gasteiger partial charge in [0.1, 0.15) is 0 Å². The van der Waals surface area contributed by atoms with Gasteiger partial charge in [0, 0.05) is 28.4 Å².